The molecule has 0 heterocycles. The summed E-state index contributed by atoms with van der Waals surface area (Å²) in [5, 5.41) is 31.8. The van der Waals surface area contributed by atoms with Crippen LogP contribution in [0.25, 0.3) is 0 Å². The Morgan fingerprint density at radius 3 is 2.50 bits per heavy atom. The lowest BCUT2D eigenvalue weighted by Crippen LogP contribution is -2.17. The number of phenols is 3. The van der Waals surface area contributed by atoms with Gasteiger partial charge >= 0.3 is 0 Å². The van der Waals surface area contributed by atoms with E-state index in [9.17, 15) is 15.0 Å². The Morgan fingerprint density at radius 1 is 1.05 bits per heavy atom. The smallest absolute Gasteiger partial charge is 0.275 e. The summed E-state index contributed by atoms with van der Waals surface area (Å²) in [4.78, 5) is 11.7. The summed E-state index contributed by atoms with van der Waals surface area (Å²) >= 11 is 0. The molecule has 0 aliphatic carbocycles. The highest BCUT2D eigenvalue weighted by Crippen LogP contribution is 2.22. The second-order valence-electron chi connectivity index (χ2n) is 3.96. The van der Waals surface area contributed by atoms with Crippen LogP contribution in [0.1, 0.15) is 15.9 Å². The average molecular weight is 272 g/mol. The Bertz CT molecular complexity index is 668. The molecule has 102 valence electrons. The SMILES string of the molecule is O=C(N/N=C\c1ccccc1O)c1ccc(O)cc1O. The van der Waals surface area contributed by atoms with Crippen LogP contribution in [-0.2, 0) is 0 Å². The van der Waals surface area contributed by atoms with Crippen LogP contribution < -0.4 is 5.43 Å². The summed E-state index contributed by atoms with van der Waals surface area (Å²) in [6, 6.07) is 10.1. The van der Waals surface area contributed by atoms with E-state index in [2.05, 4.69) is 10.5 Å². The van der Waals surface area contributed by atoms with E-state index in [1.165, 1.54) is 24.4 Å². The molecule has 0 atom stereocenters. The number of hydrogen-bond acceptors (Lipinski definition) is 5. The molecule has 6 nitrogen and oxygen atoms in total. The lowest BCUT2D eigenvalue weighted by Gasteiger charge is -2.03. The molecule has 20 heavy (non-hydrogen) atoms. The molecule has 4 N–H and O–H groups in total. The van der Waals surface area contributed by atoms with E-state index >= 15 is 0 Å². The minimum absolute atomic E-state index is 0.0165. The topological polar surface area (TPSA) is 102 Å². The van der Waals surface area contributed by atoms with Crippen LogP contribution in [0.4, 0.5) is 0 Å². The lowest BCUT2D eigenvalue weighted by molar-refractivity contribution is 0.0952. The maximum Gasteiger partial charge on any atom is 0.275 e. The fraction of sp³-hybridized carbons (Fsp3) is 0. The minimum Gasteiger partial charge on any atom is -0.508 e. The number of carbonyl (C=O) groups excluding carboxylic acids is 1. The fourth-order valence-electron chi connectivity index (χ4n) is 1.53. The molecule has 0 aromatic heterocycles. The van der Waals surface area contributed by atoms with Crippen LogP contribution >= 0.6 is 0 Å². The highest BCUT2D eigenvalue weighted by atomic mass is 16.3. The van der Waals surface area contributed by atoms with Crippen molar-refractivity contribution in [3.63, 3.8) is 0 Å². The predicted molar refractivity (Wildman–Crippen MR) is 72.9 cm³/mol. The Kier molecular flexibility index (Phi) is 3.85. The second kappa shape index (κ2) is 5.75. The van der Waals surface area contributed by atoms with Gasteiger partial charge in [0.15, 0.2) is 0 Å². The molecule has 0 spiro atoms. The molecule has 0 saturated heterocycles. The van der Waals surface area contributed by atoms with Gasteiger partial charge in [-0.3, -0.25) is 4.79 Å². The van der Waals surface area contributed by atoms with Crippen molar-refractivity contribution < 1.29 is 20.1 Å². The van der Waals surface area contributed by atoms with Crippen LogP contribution in [0.5, 0.6) is 17.2 Å². The summed E-state index contributed by atoms with van der Waals surface area (Å²) < 4.78 is 0. The summed E-state index contributed by atoms with van der Waals surface area (Å²) in [5.41, 5.74) is 2.64. The molecule has 0 bridgehead atoms. The van der Waals surface area contributed by atoms with Crippen LogP contribution in [0, 0.1) is 0 Å². The van der Waals surface area contributed by atoms with Gasteiger partial charge in [-0.15, -0.1) is 0 Å². The number of benzene rings is 2. The van der Waals surface area contributed by atoms with Gasteiger partial charge in [-0.1, -0.05) is 12.1 Å². The molecule has 2 aromatic carbocycles. The maximum absolute atomic E-state index is 11.7. The molecule has 2 aromatic rings. The van der Waals surface area contributed by atoms with Gasteiger partial charge in [0, 0.05) is 11.6 Å². The third-order valence-corrected chi connectivity index (χ3v) is 2.53. The lowest BCUT2D eigenvalue weighted by atomic mass is 10.2. The van der Waals surface area contributed by atoms with Gasteiger partial charge in [0.2, 0.25) is 0 Å². The van der Waals surface area contributed by atoms with Crippen molar-refractivity contribution in [2.45, 2.75) is 0 Å². The van der Waals surface area contributed by atoms with Crippen molar-refractivity contribution in [3.8, 4) is 17.2 Å². The molecular weight excluding hydrogens is 260 g/mol. The first-order valence-corrected chi connectivity index (χ1v) is 5.71. The largest absolute Gasteiger partial charge is 0.508 e. The van der Waals surface area contributed by atoms with Crippen molar-refractivity contribution in [1.29, 1.82) is 0 Å². The number of amides is 1. The number of aromatic hydroxyl groups is 3. The van der Waals surface area contributed by atoms with E-state index in [-0.39, 0.29) is 22.8 Å². The first kappa shape index (κ1) is 13.4. The number of nitrogens with zero attached hydrogens (tertiary/aromatic N) is 1. The third kappa shape index (κ3) is 3.05. The predicted octanol–water partition coefficient (Wildman–Crippen LogP) is 1.57. The molecule has 0 radical (unpaired) electrons. The minimum atomic E-state index is -0.630. The zero-order chi connectivity index (χ0) is 14.5. The Hall–Kier alpha value is -3.02. The Morgan fingerprint density at radius 2 is 1.80 bits per heavy atom. The molecule has 0 aliphatic heterocycles. The Balaban J connectivity index is 2.07. The van der Waals surface area contributed by atoms with Crippen LogP contribution in [-0.4, -0.2) is 27.4 Å². The van der Waals surface area contributed by atoms with Crippen molar-refractivity contribution in [2.75, 3.05) is 0 Å². The first-order valence-electron chi connectivity index (χ1n) is 5.71. The van der Waals surface area contributed by atoms with Gasteiger partial charge in [-0.05, 0) is 24.3 Å². The second-order valence-corrected chi connectivity index (χ2v) is 3.96. The van der Waals surface area contributed by atoms with E-state index in [1.807, 2.05) is 0 Å². The quantitative estimate of drug-likeness (QED) is 0.503. The standard InChI is InChI=1S/C14H12N2O4/c17-10-5-6-11(13(19)7-10)14(20)16-15-8-9-3-1-2-4-12(9)18/h1-8,17-19H,(H,16,20)/b15-8-. The zero-order valence-corrected chi connectivity index (χ0v) is 10.3. The van der Waals surface area contributed by atoms with E-state index in [1.54, 1.807) is 18.2 Å². The van der Waals surface area contributed by atoms with E-state index < -0.39 is 5.91 Å². The normalized spacial score (nSPS) is 10.6. The first-order chi connectivity index (χ1) is 9.58. The number of carbonyl (C=O) groups is 1. The summed E-state index contributed by atoms with van der Waals surface area (Å²) in [7, 11) is 0. The highest BCUT2D eigenvalue weighted by Gasteiger charge is 2.10. The van der Waals surface area contributed by atoms with Crippen molar-refractivity contribution in [2.24, 2.45) is 5.10 Å². The fourth-order valence-corrected chi connectivity index (χ4v) is 1.53. The van der Waals surface area contributed by atoms with Crippen molar-refractivity contribution >= 4 is 12.1 Å². The number of rotatable bonds is 3. The summed E-state index contributed by atoms with van der Waals surface area (Å²) in [6.45, 7) is 0. The van der Waals surface area contributed by atoms with E-state index in [0.29, 0.717) is 5.56 Å². The van der Waals surface area contributed by atoms with Crippen molar-refractivity contribution in [1.82, 2.24) is 5.43 Å². The van der Waals surface area contributed by atoms with Gasteiger partial charge in [0.05, 0.1) is 11.8 Å². The van der Waals surface area contributed by atoms with Gasteiger partial charge < -0.3 is 15.3 Å². The van der Waals surface area contributed by atoms with Gasteiger partial charge in [-0.2, -0.15) is 5.10 Å². The van der Waals surface area contributed by atoms with Crippen LogP contribution in [0.2, 0.25) is 0 Å². The third-order valence-electron chi connectivity index (χ3n) is 2.53. The summed E-state index contributed by atoms with van der Waals surface area (Å²) in [5.74, 6) is -1.08. The Labute approximate surface area is 114 Å². The highest BCUT2D eigenvalue weighted by molar-refractivity contribution is 5.97. The number of hydrogen-bond donors (Lipinski definition) is 4. The molecule has 0 saturated carbocycles. The molecule has 0 fully saturated rings. The number of hydrazone groups is 1. The van der Waals surface area contributed by atoms with Crippen LogP contribution in [0.15, 0.2) is 47.6 Å². The molecular formula is C14H12N2O4. The number of para-hydroxylation sites is 1. The summed E-state index contributed by atoms with van der Waals surface area (Å²) in [6.07, 6.45) is 1.28. The molecule has 2 rings (SSSR count). The van der Waals surface area contributed by atoms with E-state index in [4.69, 9.17) is 5.11 Å². The van der Waals surface area contributed by atoms with Gasteiger partial charge in [-0.25, -0.2) is 5.43 Å². The molecule has 6 heteroatoms. The molecule has 0 aliphatic rings. The number of phenolic OH excluding ortho intramolecular Hbond substituents is 3. The maximum atomic E-state index is 11.7. The monoisotopic (exact) mass is 272 g/mol. The van der Waals surface area contributed by atoms with E-state index in [0.717, 1.165) is 6.07 Å². The number of nitrogens with one attached hydrogen (secondary N) is 1. The zero-order valence-electron chi connectivity index (χ0n) is 10.3. The average Bonchev–Trinajstić information content (AvgIpc) is 2.40. The van der Waals surface area contributed by atoms with Gasteiger partial charge in [0.25, 0.3) is 5.91 Å². The van der Waals surface area contributed by atoms with Crippen molar-refractivity contribution in [3.05, 3.63) is 53.6 Å². The van der Waals surface area contributed by atoms with Crippen LogP contribution in [0.3, 0.4) is 0 Å². The molecule has 1 amide bonds. The molecule has 0 unspecified atom stereocenters. The van der Waals surface area contributed by atoms with Gasteiger partial charge in [0.1, 0.15) is 17.2 Å².